The highest BCUT2D eigenvalue weighted by molar-refractivity contribution is 9.10. The van der Waals surface area contributed by atoms with E-state index in [0.717, 1.165) is 0 Å². The number of carboxylic acid groups (broad SMARTS) is 1. The van der Waals surface area contributed by atoms with E-state index in [2.05, 4.69) is 26.6 Å². The fourth-order valence-electron chi connectivity index (χ4n) is 1.51. The van der Waals surface area contributed by atoms with Gasteiger partial charge in [-0.2, -0.15) is 0 Å². The first-order valence-corrected chi connectivity index (χ1v) is 6.90. The maximum absolute atomic E-state index is 11.7. The number of hydrogen-bond acceptors (Lipinski definition) is 3. The number of carboxylic acids is 1. The molecule has 7 heteroatoms. The Kier molecular flexibility index (Phi) is 6.47. The third kappa shape index (κ3) is 5.58. The molecule has 0 aliphatic heterocycles. The first-order valence-electron chi connectivity index (χ1n) is 6.11. The summed E-state index contributed by atoms with van der Waals surface area (Å²) in [5.41, 5.74) is 0.495. The van der Waals surface area contributed by atoms with E-state index < -0.39 is 12.0 Å². The van der Waals surface area contributed by atoms with Gasteiger partial charge in [0.25, 0.3) is 0 Å². The number of hydrogen-bond donors (Lipinski definition) is 3. The maximum atomic E-state index is 11.7. The lowest BCUT2D eigenvalue weighted by molar-refractivity contribution is 0.0697. The summed E-state index contributed by atoms with van der Waals surface area (Å²) in [4.78, 5) is 22.7. The average molecular weight is 345 g/mol. The Bertz CT molecular complexity index is 493. The van der Waals surface area contributed by atoms with E-state index in [-0.39, 0.29) is 11.6 Å². The Balaban J connectivity index is 2.64. The summed E-state index contributed by atoms with van der Waals surface area (Å²) in [6.07, 6.45) is 0. The van der Waals surface area contributed by atoms with Gasteiger partial charge >= 0.3 is 12.0 Å². The van der Waals surface area contributed by atoms with Crippen molar-refractivity contribution in [1.82, 2.24) is 5.32 Å². The first kappa shape index (κ1) is 16.5. The summed E-state index contributed by atoms with van der Waals surface area (Å²) in [6, 6.07) is 3.93. The summed E-state index contributed by atoms with van der Waals surface area (Å²) in [6.45, 7) is 4.70. The Morgan fingerprint density at radius 3 is 2.70 bits per heavy atom. The van der Waals surface area contributed by atoms with E-state index in [1.165, 1.54) is 12.1 Å². The molecule has 1 atom stereocenters. The van der Waals surface area contributed by atoms with Crippen LogP contribution >= 0.6 is 15.9 Å². The quantitative estimate of drug-likeness (QED) is 0.740. The molecule has 0 aliphatic rings. The van der Waals surface area contributed by atoms with Crippen molar-refractivity contribution in [1.29, 1.82) is 0 Å². The maximum Gasteiger partial charge on any atom is 0.335 e. The lowest BCUT2D eigenvalue weighted by Crippen LogP contribution is -2.38. The van der Waals surface area contributed by atoms with Gasteiger partial charge in [0.15, 0.2) is 0 Å². The topological polar surface area (TPSA) is 87.7 Å². The number of anilines is 1. The van der Waals surface area contributed by atoms with Crippen LogP contribution < -0.4 is 10.6 Å². The number of carbonyl (C=O) groups excluding carboxylic acids is 1. The molecule has 0 spiro atoms. The second-order valence-electron chi connectivity index (χ2n) is 4.19. The summed E-state index contributed by atoms with van der Waals surface area (Å²) >= 11 is 3.20. The smallest absolute Gasteiger partial charge is 0.335 e. The van der Waals surface area contributed by atoms with Crippen molar-refractivity contribution < 1.29 is 19.4 Å². The summed E-state index contributed by atoms with van der Waals surface area (Å²) in [5.74, 6) is -1.06. The van der Waals surface area contributed by atoms with Crippen LogP contribution in [0, 0.1) is 0 Å². The number of urea groups is 1. The van der Waals surface area contributed by atoms with Gasteiger partial charge in [0, 0.05) is 16.8 Å². The minimum Gasteiger partial charge on any atom is -0.478 e. The summed E-state index contributed by atoms with van der Waals surface area (Å²) in [7, 11) is 0. The summed E-state index contributed by atoms with van der Waals surface area (Å²) in [5, 5.41) is 14.2. The van der Waals surface area contributed by atoms with Gasteiger partial charge < -0.3 is 20.5 Å². The van der Waals surface area contributed by atoms with Crippen LogP contribution in [0.2, 0.25) is 0 Å². The molecule has 0 fully saturated rings. The van der Waals surface area contributed by atoms with Crippen molar-refractivity contribution in [3.05, 3.63) is 28.2 Å². The monoisotopic (exact) mass is 344 g/mol. The van der Waals surface area contributed by atoms with Crippen molar-refractivity contribution >= 4 is 33.6 Å². The highest BCUT2D eigenvalue weighted by atomic mass is 79.9. The molecule has 110 valence electrons. The largest absolute Gasteiger partial charge is 0.478 e. The van der Waals surface area contributed by atoms with E-state index in [1.807, 2.05) is 13.8 Å². The molecule has 20 heavy (non-hydrogen) atoms. The Morgan fingerprint density at radius 2 is 2.10 bits per heavy atom. The number of halogens is 1. The molecule has 0 aliphatic carbocycles. The fourth-order valence-corrected chi connectivity index (χ4v) is 2.01. The molecule has 0 heterocycles. The highest BCUT2D eigenvalue weighted by Gasteiger charge is 2.10. The predicted molar refractivity (Wildman–Crippen MR) is 79.2 cm³/mol. The lowest BCUT2D eigenvalue weighted by Gasteiger charge is -2.14. The Morgan fingerprint density at radius 1 is 1.40 bits per heavy atom. The second-order valence-corrected chi connectivity index (χ2v) is 5.11. The number of nitrogens with one attached hydrogen (secondary N) is 2. The fraction of sp³-hybridized carbons (Fsp3) is 0.385. The van der Waals surface area contributed by atoms with Crippen LogP contribution in [0.1, 0.15) is 24.2 Å². The zero-order chi connectivity index (χ0) is 15.1. The zero-order valence-electron chi connectivity index (χ0n) is 11.3. The van der Waals surface area contributed by atoms with Gasteiger partial charge in [-0.3, -0.25) is 0 Å². The minimum absolute atomic E-state index is 0.0945. The lowest BCUT2D eigenvalue weighted by atomic mass is 10.2. The van der Waals surface area contributed by atoms with Gasteiger partial charge in [0.1, 0.15) is 0 Å². The molecule has 1 aromatic carbocycles. The zero-order valence-corrected chi connectivity index (χ0v) is 12.9. The normalized spacial score (nSPS) is 11.8. The first-order chi connectivity index (χ1) is 9.42. The number of ether oxygens (including phenoxy) is 1. The molecule has 1 unspecified atom stereocenters. The Labute approximate surface area is 125 Å². The molecule has 0 saturated carbocycles. The molecule has 0 bridgehead atoms. The standard InChI is InChI=1S/C13H17BrN2O4/c1-3-20-7-8(2)15-13(19)16-11-5-9(12(17)18)4-10(14)6-11/h4-6,8H,3,7H2,1-2H3,(H,17,18)(H2,15,16,19). The molecular weight excluding hydrogens is 328 g/mol. The van der Waals surface area contributed by atoms with E-state index in [9.17, 15) is 9.59 Å². The van der Waals surface area contributed by atoms with Gasteiger partial charge in [0.05, 0.1) is 18.2 Å². The van der Waals surface area contributed by atoms with Gasteiger partial charge in [-0.1, -0.05) is 15.9 Å². The van der Waals surface area contributed by atoms with Crippen LogP contribution in [-0.4, -0.2) is 36.4 Å². The highest BCUT2D eigenvalue weighted by Crippen LogP contribution is 2.19. The molecule has 3 N–H and O–H groups in total. The van der Waals surface area contributed by atoms with Crippen molar-refractivity contribution in [2.75, 3.05) is 18.5 Å². The van der Waals surface area contributed by atoms with Crippen LogP contribution in [0.4, 0.5) is 10.5 Å². The van der Waals surface area contributed by atoms with Gasteiger partial charge in [-0.05, 0) is 32.0 Å². The van der Waals surface area contributed by atoms with E-state index in [0.29, 0.717) is 23.4 Å². The minimum atomic E-state index is -1.06. The van der Waals surface area contributed by atoms with Crippen LogP contribution in [-0.2, 0) is 4.74 Å². The number of benzene rings is 1. The number of amides is 2. The van der Waals surface area contributed by atoms with E-state index in [4.69, 9.17) is 9.84 Å². The van der Waals surface area contributed by atoms with E-state index in [1.54, 1.807) is 6.07 Å². The predicted octanol–water partition coefficient (Wildman–Crippen LogP) is 2.69. The molecular formula is C13H17BrN2O4. The van der Waals surface area contributed by atoms with Gasteiger partial charge in [0.2, 0.25) is 0 Å². The van der Waals surface area contributed by atoms with Gasteiger partial charge in [-0.25, -0.2) is 9.59 Å². The second kappa shape index (κ2) is 7.86. The van der Waals surface area contributed by atoms with Crippen molar-refractivity contribution in [2.24, 2.45) is 0 Å². The molecule has 1 aromatic rings. The number of rotatable bonds is 6. The third-order valence-corrected chi connectivity index (χ3v) is 2.81. The summed E-state index contributed by atoms with van der Waals surface area (Å²) < 4.78 is 5.77. The molecule has 0 radical (unpaired) electrons. The third-order valence-electron chi connectivity index (χ3n) is 2.35. The van der Waals surface area contributed by atoms with Crippen molar-refractivity contribution in [2.45, 2.75) is 19.9 Å². The Hall–Kier alpha value is -1.60. The molecule has 2 amide bonds. The van der Waals surface area contributed by atoms with Crippen molar-refractivity contribution in [3.8, 4) is 0 Å². The molecule has 0 aromatic heterocycles. The van der Waals surface area contributed by atoms with Crippen LogP contribution in [0.3, 0.4) is 0 Å². The van der Waals surface area contributed by atoms with Crippen LogP contribution in [0.15, 0.2) is 22.7 Å². The molecule has 6 nitrogen and oxygen atoms in total. The number of aromatic carboxylic acids is 1. The number of carbonyl (C=O) groups is 2. The SMILES string of the molecule is CCOCC(C)NC(=O)Nc1cc(Br)cc(C(=O)O)c1. The van der Waals surface area contributed by atoms with Gasteiger partial charge in [-0.15, -0.1) is 0 Å². The average Bonchev–Trinajstić information content (AvgIpc) is 2.35. The molecule has 1 rings (SSSR count). The van der Waals surface area contributed by atoms with Crippen molar-refractivity contribution in [3.63, 3.8) is 0 Å². The van der Waals surface area contributed by atoms with E-state index >= 15 is 0 Å². The van der Waals surface area contributed by atoms with Crippen LogP contribution in [0.25, 0.3) is 0 Å². The van der Waals surface area contributed by atoms with Crippen LogP contribution in [0.5, 0.6) is 0 Å². The molecule has 0 saturated heterocycles.